The highest BCUT2D eigenvalue weighted by molar-refractivity contribution is 5.75. The van der Waals surface area contributed by atoms with E-state index in [0.717, 1.165) is 11.4 Å². The summed E-state index contributed by atoms with van der Waals surface area (Å²) in [7, 11) is 0. The van der Waals surface area contributed by atoms with Gasteiger partial charge in [-0.3, -0.25) is 9.78 Å². The summed E-state index contributed by atoms with van der Waals surface area (Å²) in [6.07, 6.45) is 0.984. The van der Waals surface area contributed by atoms with Gasteiger partial charge in [-0.1, -0.05) is 6.07 Å². The lowest BCUT2D eigenvalue weighted by Gasteiger charge is -2.07. The summed E-state index contributed by atoms with van der Waals surface area (Å²) in [6, 6.07) is 11.5. The van der Waals surface area contributed by atoms with Gasteiger partial charge in [0.2, 0.25) is 5.91 Å². The number of aryl methyl sites for hydroxylation is 1. The molecule has 0 aliphatic heterocycles. The molecule has 1 heterocycles. The van der Waals surface area contributed by atoms with Gasteiger partial charge in [0, 0.05) is 12.1 Å². The van der Waals surface area contributed by atoms with Crippen molar-refractivity contribution in [3.05, 3.63) is 59.7 Å². The first-order valence-corrected chi connectivity index (χ1v) is 7.21. The van der Waals surface area contributed by atoms with Crippen LogP contribution in [0.5, 0.6) is 5.75 Å². The molecule has 2 aromatic rings. The van der Waals surface area contributed by atoms with Gasteiger partial charge in [-0.25, -0.2) is 4.39 Å². The molecule has 4 nitrogen and oxygen atoms in total. The van der Waals surface area contributed by atoms with Crippen molar-refractivity contribution >= 4 is 5.91 Å². The van der Waals surface area contributed by atoms with Crippen LogP contribution in [-0.2, 0) is 11.3 Å². The number of halogens is 1. The predicted octanol–water partition coefficient (Wildman–Crippen LogP) is 3.00. The maximum Gasteiger partial charge on any atom is 0.220 e. The molecule has 0 fully saturated rings. The molecule has 0 saturated heterocycles. The van der Waals surface area contributed by atoms with Gasteiger partial charge in [-0.05, 0) is 49.7 Å². The molecule has 0 aliphatic carbocycles. The molecule has 1 amide bonds. The van der Waals surface area contributed by atoms with Crippen molar-refractivity contribution in [1.29, 1.82) is 0 Å². The molecule has 22 heavy (non-hydrogen) atoms. The van der Waals surface area contributed by atoms with Crippen molar-refractivity contribution < 1.29 is 13.9 Å². The topological polar surface area (TPSA) is 51.2 Å². The summed E-state index contributed by atoms with van der Waals surface area (Å²) in [6.45, 7) is 2.76. The Hall–Kier alpha value is -2.43. The van der Waals surface area contributed by atoms with Crippen LogP contribution >= 0.6 is 0 Å². The largest absolute Gasteiger partial charge is 0.494 e. The molecular formula is C17H19FN2O2. The molecule has 0 spiro atoms. The maximum atomic E-state index is 12.7. The molecule has 0 unspecified atom stereocenters. The average Bonchev–Trinajstić information content (AvgIpc) is 2.51. The van der Waals surface area contributed by atoms with E-state index in [1.165, 1.54) is 12.1 Å². The van der Waals surface area contributed by atoms with Crippen LogP contribution in [0.15, 0.2) is 42.5 Å². The number of hydrogen-bond donors (Lipinski definition) is 1. The summed E-state index contributed by atoms with van der Waals surface area (Å²) >= 11 is 0. The van der Waals surface area contributed by atoms with E-state index in [4.69, 9.17) is 4.74 Å². The third-order valence-electron chi connectivity index (χ3n) is 3.04. The first-order chi connectivity index (χ1) is 10.6. The van der Waals surface area contributed by atoms with Crippen molar-refractivity contribution in [2.45, 2.75) is 26.3 Å². The van der Waals surface area contributed by atoms with Crippen LogP contribution in [0.2, 0.25) is 0 Å². The van der Waals surface area contributed by atoms with E-state index in [0.29, 0.717) is 31.7 Å². The second-order valence-electron chi connectivity index (χ2n) is 4.95. The number of aromatic nitrogens is 1. The number of ether oxygens (including phenoxy) is 1. The highest BCUT2D eigenvalue weighted by Gasteiger charge is 2.03. The number of hydrogen-bond acceptors (Lipinski definition) is 3. The zero-order valence-electron chi connectivity index (χ0n) is 12.5. The smallest absolute Gasteiger partial charge is 0.220 e. The van der Waals surface area contributed by atoms with E-state index in [9.17, 15) is 9.18 Å². The number of nitrogens with one attached hydrogen (secondary N) is 1. The van der Waals surface area contributed by atoms with Crippen LogP contribution in [0.25, 0.3) is 0 Å². The highest BCUT2D eigenvalue weighted by atomic mass is 19.1. The summed E-state index contributed by atoms with van der Waals surface area (Å²) in [5.74, 6) is 0.272. The second-order valence-corrected chi connectivity index (χ2v) is 4.95. The van der Waals surface area contributed by atoms with Crippen molar-refractivity contribution in [1.82, 2.24) is 10.3 Å². The number of pyridine rings is 1. The first-order valence-electron chi connectivity index (χ1n) is 7.21. The lowest BCUT2D eigenvalue weighted by atomic mass is 10.3. The van der Waals surface area contributed by atoms with Crippen LogP contribution in [0.3, 0.4) is 0 Å². The Balaban J connectivity index is 1.62. The Morgan fingerprint density at radius 2 is 2.00 bits per heavy atom. The fraction of sp³-hybridized carbons (Fsp3) is 0.294. The monoisotopic (exact) mass is 302 g/mol. The molecule has 0 atom stereocenters. The maximum absolute atomic E-state index is 12.7. The van der Waals surface area contributed by atoms with Crippen LogP contribution in [0.1, 0.15) is 24.2 Å². The van der Waals surface area contributed by atoms with Crippen molar-refractivity contribution in [2.75, 3.05) is 6.61 Å². The summed E-state index contributed by atoms with van der Waals surface area (Å²) in [5, 5.41) is 2.83. The summed E-state index contributed by atoms with van der Waals surface area (Å²) in [5.41, 5.74) is 1.77. The quantitative estimate of drug-likeness (QED) is 0.800. The molecule has 0 bridgehead atoms. The molecule has 0 radical (unpaired) electrons. The van der Waals surface area contributed by atoms with E-state index in [1.807, 2.05) is 25.1 Å². The van der Waals surface area contributed by atoms with Gasteiger partial charge in [0.15, 0.2) is 0 Å². The van der Waals surface area contributed by atoms with Gasteiger partial charge in [-0.2, -0.15) is 0 Å². The molecule has 1 N–H and O–H groups in total. The van der Waals surface area contributed by atoms with Gasteiger partial charge < -0.3 is 10.1 Å². The number of amides is 1. The van der Waals surface area contributed by atoms with Crippen molar-refractivity contribution in [3.63, 3.8) is 0 Å². The van der Waals surface area contributed by atoms with Crippen LogP contribution in [0, 0.1) is 12.7 Å². The number of rotatable bonds is 7. The molecular weight excluding hydrogens is 283 g/mol. The van der Waals surface area contributed by atoms with Crippen LogP contribution < -0.4 is 10.1 Å². The number of nitrogens with zero attached hydrogens (tertiary/aromatic N) is 1. The second kappa shape index (κ2) is 8.12. The molecule has 0 aliphatic rings. The zero-order valence-corrected chi connectivity index (χ0v) is 12.5. The highest BCUT2D eigenvalue weighted by Crippen LogP contribution is 2.11. The lowest BCUT2D eigenvalue weighted by Crippen LogP contribution is -2.23. The van der Waals surface area contributed by atoms with Crippen molar-refractivity contribution in [2.24, 2.45) is 0 Å². The Kier molecular flexibility index (Phi) is 5.89. The van der Waals surface area contributed by atoms with E-state index >= 15 is 0 Å². The molecule has 0 saturated carbocycles. The molecule has 2 rings (SSSR count). The molecule has 5 heteroatoms. The van der Waals surface area contributed by atoms with Gasteiger partial charge >= 0.3 is 0 Å². The van der Waals surface area contributed by atoms with E-state index in [-0.39, 0.29) is 11.7 Å². The first kappa shape index (κ1) is 15.9. The number of benzene rings is 1. The van der Waals surface area contributed by atoms with Crippen LogP contribution in [-0.4, -0.2) is 17.5 Å². The number of carbonyl (C=O) groups is 1. The Labute approximate surface area is 129 Å². The average molecular weight is 302 g/mol. The predicted molar refractivity (Wildman–Crippen MR) is 81.9 cm³/mol. The molecule has 1 aromatic carbocycles. The fourth-order valence-electron chi connectivity index (χ4n) is 1.93. The SMILES string of the molecule is Cc1cccc(CNC(=O)CCCOc2ccc(F)cc2)n1. The van der Waals surface area contributed by atoms with Gasteiger partial charge in [-0.15, -0.1) is 0 Å². The Morgan fingerprint density at radius 1 is 1.23 bits per heavy atom. The molecule has 1 aromatic heterocycles. The zero-order chi connectivity index (χ0) is 15.8. The van der Waals surface area contributed by atoms with E-state index in [1.54, 1.807) is 12.1 Å². The summed E-state index contributed by atoms with van der Waals surface area (Å²) in [4.78, 5) is 16.0. The van der Waals surface area contributed by atoms with E-state index < -0.39 is 0 Å². The van der Waals surface area contributed by atoms with Gasteiger partial charge in [0.25, 0.3) is 0 Å². The third-order valence-corrected chi connectivity index (χ3v) is 3.04. The Morgan fingerprint density at radius 3 is 2.73 bits per heavy atom. The minimum Gasteiger partial charge on any atom is -0.494 e. The minimum atomic E-state index is -0.295. The Bertz CT molecular complexity index is 614. The van der Waals surface area contributed by atoms with Gasteiger partial charge in [0.1, 0.15) is 11.6 Å². The van der Waals surface area contributed by atoms with Gasteiger partial charge in [0.05, 0.1) is 18.8 Å². The van der Waals surface area contributed by atoms with Crippen LogP contribution in [0.4, 0.5) is 4.39 Å². The minimum absolute atomic E-state index is 0.0361. The number of carbonyl (C=O) groups excluding carboxylic acids is 1. The third kappa shape index (κ3) is 5.52. The normalized spacial score (nSPS) is 10.3. The molecule has 116 valence electrons. The fourth-order valence-corrected chi connectivity index (χ4v) is 1.93. The standard InChI is InChI=1S/C17H19FN2O2/c1-13-4-2-5-15(20-13)12-19-17(21)6-3-11-22-16-9-7-14(18)8-10-16/h2,4-5,7-10H,3,6,11-12H2,1H3,(H,19,21). The summed E-state index contributed by atoms with van der Waals surface area (Å²) < 4.78 is 18.1. The lowest BCUT2D eigenvalue weighted by molar-refractivity contribution is -0.121. The van der Waals surface area contributed by atoms with E-state index in [2.05, 4.69) is 10.3 Å². The van der Waals surface area contributed by atoms with Crippen molar-refractivity contribution in [3.8, 4) is 5.75 Å².